The van der Waals surface area contributed by atoms with Crippen molar-refractivity contribution in [2.75, 3.05) is 19.6 Å². The van der Waals surface area contributed by atoms with Crippen molar-refractivity contribution in [3.05, 3.63) is 57.9 Å². The van der Waals surface area contributed by atoms with Crippen LogP contribution in [0, 0.1) is 6.92 Å². The summed E-state index contributed by atoms with van der Waals surface area (Å²) in [6.07, 6.45) is 5.11. The molecule has 0 radical (unpaired) electrons. The van der Waals surface area contributed by atoms with Gasteiger partial charge in [-0.05, 0) is 37.5 Å². The number of halogens is 1. The molecule has 2 aliphatic rings. The molecule has 2 N–H and O–H groups in total. The van der Waals surface area contributed by atoms with Crippen LogP contribution < -0.4 is 10.9 Å². The minimum absolute atomic E-state index is 0. The number of nitrogens with one attached hydrogen (secondary N) is 2. The Morgan fingerprint density at radius 1 is 1.15 bits per heavy atom. The number of aryl methyl sites for hydroxylation is 1. The fraction of sp³-hybridized carbons (Fsp3) is 0.476. The maximum absolute atomic E-state index is 12.7. The Bertz CT molecular complexity index is 811. The normalized spacial score (nSPS) is 19.4. The fourth-order valence-corrected chi connectivity index (χ4v) is 4.47. The number of hydrogen-bond donors (Lipinski definition) is 2. The van der Waals surface area contributed by atoms with Crippen LogP contribution in [-0.4, -0.2) is 35.1 Å². The van der Waals surface area contributed by atoms with E-state index in [1.54, 1.807) is 0 Å². The first-order valence-electron chi connectivity index (χ1n) is 9.41. The predicted molar refractivity (Wildman–Crippen MR) is 109 cm³/mol. The van der Waals surface area contributed by atoms with Crippen LogP contribution in [0.3, 0.4) is 0 Å². The van der Waals surface area contributed by atoms with Crippen molar-refractivity contribution in [3.8, 4) is 11.3 Å². The smallest absolute Gasteiger partial charge is 0.252 e. The van der Waals surface area contributed by atoms with Crippen LogP contribution >= 0.6 is 12.4 Å². The summed E-state index contributed by atoms with van der Waals surface area (Å²) in [4.78, 5) is 18.3. The molecule has 4 rings (SSSR count). The minimum Gasteiger partial charge on any atom is -0.322 e. The average Bonchev–Trinajstić information content (AvgIpc) is 3.08. The maximum Gasteiger partial charge on any atom is 0.252 e. The van der Waals surface area contributed by atoms with Crippen LogP contribution in [0.2, 0.25) is 0 Å². The lowest BCUT2D eigenvalue weighted by Crippen LogP contribution is -2.59. The summed E-state index contributed by atoms with van der Waals surface area (Å²) in [6, 6.07) is 12.3. The van der Waals surface area contributed by atoms with E-state index in [0.717, 1.165) is 43.0 Å². The highest BCUT2D eigenvalue weighted by molar-refractivity contribution is 5.85. The molecule has 140 valence electrons. The molecule has 1 saturated heterocycles. The topological polar surface area (TPSA) is 48.1 Å². The maximum atomic E-state index is 12.7. The van der Waals surface area contributed by atoms with Crippen molar-refractivity contribution in [2.24, 2.45) is 0 Å². The zero-order valence-corrected chi connectivity index (χ0v) is 16.2. The second-order valence-corrected chi connectivity index (χ2v) is 7.63. The summed E-state index contributed by atoms with van der Waals surface area (Å²) < 4.78 is 0. The summed E-state index contributed by atoms with van der Waals surface area (Å²) in [5.41, 5.74) is 4.35. The van der Waals surface area contributed by atoms with E-state index >= 15 is 0 Å². The first kappa shape index (κ1) is 19.2. The number of piperazine rings is 1. The number of H-pyrrole nitrogens is 1. The zero-order chi connectivity index (χ0) is 17.3. The largest absolute Gasteiger partial charge is 0.322 e. The van der Waals surface area contributed by atoms with Crippen LogP contribution in [0.1, 0.15) is 36.8 Å². The molecule has 2 aromatic rings. The molecule has 0 atom stereocenters. The molecule has 2 heterocycles. The molecule has 1 saturated carbocycles. The molecule has 26 heavy (non-hydrogen) atoms. The van der Waals surface area contributed by atoms with Crippen molar-refractivity contribution >= 4 is 12.4 Å². The predicted octanol–water partition coefficient (Wildman–Crippen LogP) is 3.49. The van der Waals surface area contributed by atoms with Crippen LogP contribution in [0.4, 0.5) is 0 Å². The van der Waals surface area contributed by atoms with Gasteiger partial charge in [0, 0.05) is 43.0 Å². The van der Waals surface area contributed by atoms with Crippen molar-refractivity contribution in [1.82, 2.24) is 15.2 Å². The van der Waals surface area contributed by atoms with E-state index in [9.17, 15) is 4.79 Å². The Morgan fingerprint density at radius 2 is 1.96 bits per heavy atom. The molecule has 1 aromatic carbocycles. The van der Waals surface area contributed by atoms with E-state index in [0.29, 0.717) is 0 Å². The molecule has 1 aliphatic heterocycles. The standard InChI is InChI=1S/C21H27N3O.ClH/c1-16-5-4-6-17(13-16)19-8-7-18(20(25)23-19)14-24-12-11-22-15-21(24)9-2-3-10-21;/h4-8,13,22H,2-3,9-12,14-15H2,1H3,(H,23,25);1H. The third-order valence-corrected chi connectivity index (χ3v) is 5.90. The Kier molecular flexibility index (Phi) is 5.86. The van der Waals surface area contributed by atoms with Crippen LogP contribution in [0.15, 0.2) is 41.2 Å². The Hall–Kier alpha value is -1.62. The fourth-order valence-electron chi connectivity index (χ4n) is 4.47. The zero-order valence-electron chi connectivity index (χ0n) is 15.4. The first-order chi connectivity index (χ1) is 12.2. The van der Waals surface area contributed by atoms with Gasteiger partial charge in [-0.2, -0.15) is 0 Å². The number of benzene rings is 1. The number of pyridine rings is 1. The molecule has 1 spiro atoms. The van der Waals surface area contributed by atoms with Gasteiger partial charge in [0.2, 0.25) is 0 Å². The Morgan fingerprint density at radius 3 is 2.69 bits per heavy atom. The molecule has 0 amide bonds. The SMILES string of the molecule is Cc1cccc(-c2ccc(CN3CCNCC34CCCC4)c(=O)[nH]2)c1.Cl. The summed E-state index contributed by atoms with van der Waals surface area (Å²) in [6.45, 7) is 5.93. The van der Waals surface area contributed by atoms with Gasteiger partial charge in [0.25, 0.3) is 5.56 Å². The van der Waals surface area contributed by atoms with Crippen molar-refractivity contribution in [3.63, 3.8) is 0 Å². The summed E-state index contributed by atoms with van der Waals surface area (Å²) >= 11 is 0. The van der Waals surface area contributed by atoms with Crippen LogP contribution in [0.25, 0.3) is 11.3 Å². The third-order valence-electron chi connectivity index (χ3n) is 5.90. The second kappa shape index (κ2) is 7.95. The summed E-state index contributed by atoms with van der Waals surface area (Å²) in [5.74, 6) is 0. The van der Waals surface area contributed by atoms with Gasteiger partial charge in [0.1, 0.15) is 0 Å². The van der Waals surface area contributed by atoms with Crippen LogP contribution in [-0.2, 0) is 6.54 Å². The number of aromatic amines is 1. The lowest BCUT2D eigenvalue weighted by atomic mass is 9.92. The van der Waals surface area contributed by atoms with E-state index in [4.69, 9.17) is 0 Å². The van der Waals surface area contributed by atoms with E-state index in [1.807, 2.05) is 18.2 Å². The van der Waals surface area contributed by atoms with E-state index in [-0.39, 0.29) is 23.5 Å². The van der Waals surface area contributed by atoms with Gasteiger partial charge in [-0.25, -0.2) is 0 Å². The highest BCUT2D eigenvalue weighted by Gasteiger charge is 2.41. The molecule has 1 aromatic heterocycles. The molecule has 4 nitrogen and oxygen atoms in total. The van der Waals surface area contributed by atoms with Gasteiger partial charge in [0.15, 0.2) is 0 Å². The lowest BCUT2D eigenvalue weighted by Gasteiger charge is -2.45. The summed E-state index contributed by atoms with van der Waals surface area (Å²) in [5, 5.41) is 3.56. The van der Waals surface area contributed by atoms with E-state index in [1.165, 1.54) is 31.2 Å². The average molecular weight is 374 g/mol. The van der Waals surface area contributed by atoms with Gasteiger partial charge >= 0.3 is 0 Å². The number of aromatic nitrogens is 1. The van der Waals surface area contributed by atoms with Gasteiger partial charge in [-0.15, -0.1) is 12.4 Å². The molecular weight excluding hydrogens is 346 g/mol. The Labute approximate surface area is 161 Å². The van der Waals surface area contributed by atoms with Crippen molar-refractivity contribution in [2.45, 2.75) is 44.7 Å². The van der Waals surface area contributed by atoms with Gasteiger partial charge < -0.3 is 10.3 Å². The van der Waals surface area contributed by atoms with Gasteiger partial charge in [-0.3, -0.25) is 9.69 Å². The quantitative estimate of drug-likeness (QED) is 0.865. The lowest BCUT2D eigenvalue weighted by molar-refractivity contribution is 0.0569. The number of nitrogens with zero attached hydrogens (tertiary/aromatic N) is 1. The Balaban J connectivity index is 0.00000196. The molecule has 2 fully saturated rings. The molecule has 1 aliphatic carbocycles. The monoisotopic (exact) mass is 373 g/mol. The third kappa shape index (κ3) is 3.73. The molecular formula is C21H28ClN3O. The number of rotatable bonds is 3. The van der Waals surface area contributed by atoms with E-state index < -0.39 is 0 Å². The number of hydrogen-bond acceptors (Lipinski definition) is 3. The molecule has 5 heteroatoms. The highest BCUT2D eigenvalue weighted by Crippen LogP contribution is 2.36. The van der Waals surface area contributed by atoms with Crippen LogP contribution in [0.5, 0.6) is 0 Å². The molecule has 0 unspecified atom stereocenters. The van der Waals surface area contributed by atoms with Gasteiger partial charge in [0.05, 0.1) is 0 Å². The van der Waals surface area contributed by atoms with Crippen molar-refractivity contribution in [1.29, 1.82) is 0 Å². The van der Waals surface area contributed by atoms with Gasteiger partial charge in [-0.1, -0.05) is 42.7 Å². The summed E-state index contributed by atoms with van der Waals surface area (Å²) in [7, 11) is 0. The highest BCUT2D eigenvalue weighted by atomic mass is 35.5. The first-order valence-corrected chi connectivity index (χ1v) is 9.41. The van der Waals surface area contributed by atoms with E-state index in [2.05, 4.69) is 40.3 Å². The minimum atomic E-state index is 0. The molecule has 0 bridgehead atoms. The van der Waals surface area contributed by atoms with Crippen molar-refractivity contribution < 1.29 is 0 Å². The second-order valence-electron chi connectivity index (χ2n) is 7.63.